The molecule has 0 aromatic heterocycles. The van der Waals surface area contributed by atoms with E-state index in [1.165, 1.54) is 62.1 Å². The van der Waals surface area contributed by atoms with Crippen LogP contribution in [0.1, 0.15) is 86.9 Å². The maximum Gasteiger partial charge on any atom is 0.330 e. The van der Waals surface area contributed by atoms with Crippen LogP contribution in [0.25, 0.3) is 0 Å². The summed E-state index contributed by atoms with van der Waals surface area (Å²) in [5, 5.41) is 0. The molecule has 0 atom stereocenters. The van der Waals surface area contributed by atoms with E-state index >= 15 is 0 Å². The highest BCUT2D eigenvalue weighted by atomic mass is 16.5. The van der Waals surface area contributed by atoms with Crippen LogP contribution in [0.5, 0.6) is 11.5 Å². The van der Waals surface area contributed by atoms with Crippen LogP contribution in [-0.2, 0) is 32.2 Å². The number of benzene rings is 3. The van der Waals surface area contributed by atoms with Crippen LogP contribution in [0.4, 0.5) is 17.1 Å². The first kappa shape index (κ1) is 26.5. The van der Waals surface area contributed by atoms with Gasteiger partial charge in [-0.1, -0.05) is 60.3 Å². The van der Waals surface area contributed by atoms with Crippen molar-refractivity contribution in [2.45, 2.75) is 70.6 Å². The maximum absolute atomic E-state index is 11.6. The molecule has 0 saturated carbocycles. The van der Waals surface area contributed by atoms with Crippen molar-refractivity contribution in [1.82, 2.24) is 0 Å². The molecule has 3 aliphatic rings. The average molecular weight is 538 g/mol. The van der Waals surface area contributed by atoms with E-state index < -0.39 is 0 Å². The number of nitrogens with zero attached hydrogens (tertiary/aromatic N) is 1. The number of hydrogen-bond acceptors (Lipinski definition) is 5. The van der Waals surface area contributed by atoms with E-state index in [1.54, 1.807) is 14.2 Å². The summed E-state index contributed by atoms with van der Waals surface area (Å²) in [7, 11) is 3.50. The largest absolute Gasteiger partial charge is 0.497 e. The van der Waals surface area contributed by atoms with Gasteiger partial charge in [0.05, 0.1) is 37.9 Å². The van der Waals surface area contributed by atoms with Crippen molar-refractivity contribution >= 4 is 23.0 Å². The molecule has 3 aromatic rings. The minimum atomic E-state index is -0.376. The molecule has 0 unspecified atom stereocenters. The molecule has 40 heavy (non-hydrogen) atoms. The lowest BCUT2D eigenvalue weighted by Crippen LogP contribution is -2.43. The lowest BCUT2D eigenvalue weighted by molar-refractivity contribution is -0.137. The van der Waals surface area contributed by atoms with Crippen molar-refractivity contribution in [3.63, 3.8) is 0 Å². The quantitative estimate of drug-likeness (QED) is 0.175. The molecule has 0 bridgehead atoms. The van der Waals surface area contributed by atoms with Crippen LogP contribution in [0.3, 0.4) is 0 Å². The second-order valence-corrected chi connectivity index (χ2v) is 12.9. The number of aryl methyl sites for hydroxylation is 1. The minimum absolute atomic E-state index is 0.252. The number of hydrogen-bond donors (Lipinski definition) is 0. The SMILES string of the molecule is C=CC(=O)OCCCc1cc2c3c(c1)C(C)(C)c1cc(OC)cc4c1N3c1c(cc(OC)cc1C4(C)C)C2(C)C. The summed E-state index contributed by atoms with van der Waals surface area (Å²) in [5.74, 6) is 1.38. The smallest absolute Gasteiger partial charge is 0.330 e. The number of carbonyl (C=O) groups excluding carboxylic acids is 1. The van der Waals surface area contributed by atoms with E-state index in [-0.39, 0.29) is 22.2 Å². The van der Waals surface area contributed by atoms with Gasteiger partial charge in [0.15, 0.2) is 0 Å². The Balaban J connectivity index is 1.65. The third-order valence-corrected chi connectivity index (χ3v) is 9.54. The standard InChI is InChI=1S/C35H39NO4/c1-10-29(37)40-13-11-12-20-14-23-30-24(15-20)34(4,5)26-17-22(39-9)19-28-32(26)36(30)31-25(33(23,2)3)16-21(38-8)18-27(31)35(28,6)7/h10,14-19H,1,11-13H2,2-9H3. The van der Waals surface area contributed by atoms with Crippen LogP contribution < -0.4 is 14.4 Å². The fourth-order valence-electron chi connectivity index (χ4n) is 7.15. The zero-order valence-corrected chi connectivity index (χ0v) is 25.0. The lowest BCUT2D eigenvalue weighted by atomic mass is 9.60. The number of esters is 1. The Bertz CT molecular complexity index is 1490. The van der Waals surface area contributed by atoms with Gasteiger partial charge >= 0.3 is 5.97 Å². The van der Waals surface area contributed by atoms with Crippen molar-refractivity contribution in [2.24, 2.45) is 0 Å². The Morgan fingerprint density at radius 2 is 1.10 bits per heavy atom. The maximum atomic E-state index is 11.6. The van der Waals surface area contributed by atoms with Crippen molar-refractivity contribution in [3.05, 3.63) is 88.0 Å². The lowest BCUT2D eigenvalue weighted by Gasteiger charge is -2.55. The van der Waals surface area contributed by atoms with Crippen LogP contribution in [0.15, 0.2) is 49.1 Å². The summed E-state index contributed by atoms with van der Waals surface area (Å²) in [6.45, 7) is 17.9. The van der Waals surface area contributed by atoms with Crippen LogP contribution in [0, 0.1) is 0 Å². The molecule has 0 fully saturated rings. The van der Waals surface area contributed by atoms with E-state index in [2.05, 4.69) is 89.4 Å². The van der Waals surface area contributed by atoms with Crippen LogP contribution >= 0.6 is 0 Å². The number of carbonyl (C=O) groups is 1. The molecule has 3 aromatic carbocycles. The summed E-state index contributed by atoms with van der Waals surface area (Å²) in [6.07, 6.45) is 2.78. The number of methoxy groups -OCH3 is 2. The highest BCUT2D eigenvalue weighted by molar-refractivity contribution is 5.98. The van der Waals surface area contributed by atoms with E-state index in [9.17, 15) is 4.79 Å². The van der Waals surface area contributed by atoms with Crippen LogP contribution in [0.2, 0.25) is 0 Å². The fraction of sp³-hybridized carbons (Fsp3) is 0.400. The van der Waals surface area contributed by atoms with Gasteiger partial charge in [-0.3, -0.25) is 0 Å². The van der Waals surface area contributed by atoms with Gasteiger partial charge in [0.25, 0.3) is 0 Å². The fourth-order valence-corrected chi connectivity index (χ4v) is 7.15. The zero-order chi connectivity index (χ0) is 28.8. The van der Waals surface area contributed by atoms with Gasteiger partial charge in [0, 0.05) is 22.3 Å². The van der Waals surface area contributed by atoms with Crippen LogP contribution in [-0.4, -0.2) is 26.8 Å². The molecule has 3 aliphatic heterocycles. The van der Waals surface area contributed by atoms with Gasteiger partial charge in [-0.25, -0.2) is 4.79 Å². The molecule has 0 saturated heterocycles. The first-order chi connectivity index (χ1) is 18.9. The van der Waals surface area contributed by atoms with Crippen molar-refractivity contribution < 1.29 is 19.0 Å². The van der Waals surface area contributed by atoms with Gasteiger partial charge < -0.3 is 19.1 Å². The number of ether oxygens (including phenoxy) is 3. The summed E-state index contributed by atoms with van der Waals surface area (Å²) in [6, 6.07) is 13.7. The Morgan fingerprint density at radius 3 is 1.45 bits per heavy atom. The van der Waals surface area contributed by atoms with E-state index in [1.807, 2.05) is 0 Å². The molecule has 5 heteroatoms. The highest BCUT2D eigenvalue weighted by Gasteiger charge is 2.52. The Hall–Kier alpha value is -3.73. The number of rotatable bonds is 7. The Morgan fingerprint density at radius 1 is 0.725 bits per heavy atom. The van der Waals surface area contributed by atoms with Crippen molar-refractivity contribution in [3.8, 4) is 11.5 Å². The normalized spacial score (nSPS) is 17.6. The average Bonchev–Trinajstić information content (AvgIpc) is 2.93. The molecule has 0 N–H and O–H groups in total. The molecule has 5 nitrogen and oxygen atoms in total. The summed E-state index contributed by atoms with van der Waals surface area (Å²) >= 11 is 0. The number of anilines is 3. The second kappa shape index (κ2) is 8.63. The second-order valence-electron chi connectivity index (χ2n) is 12.9. The minimum Gasteiger partial charge on any atom is -0.497 e. The Kier molecular flexibility index (Phi) is 5.72. The molecule has 6 rings (SSSR count). The van der Waals surface area contributed by atoms with E-state index in [4.69, 9.17) is 14.2 Å². The first-order valence-corrected chi connectivity index (χ1v) is 14.1. The molecule has 0 spiro atoms. The summed E-state index contributed by atoms with van der Waals surface area (Å²) in [5.41, 5.74) is 12.1. The van der Waals surface area contributed by atoms with Crippen molar-refractivity contribution in [2.75, 3.05) is 25.7 Å². The third-order valence-electron chi connectivity index (χ3n) is 9.54. The predicted molar refractivity (Wildman–Crippen MR) is 160 cm³/mol. The van der Waals surface area contributed by atoms with E-state index in [0.717, 1.165) is 24.3 Å². The van der Waals surface area contributed by atoms with Gasteiger partial charge in [0.1, 0.15) is 11.5 Å². The van der Waals surface area contributed by atoms with Gasteiger partial charge in [-0.05, 0) is 76.1 Å². The highest BCUT2D eigenvalue weighted by Crippen LogP contribution is 2.67. The predicted octanol–water partition coefficient (Wildman–Crippen LogP) is 7.75. The topological polar surface area (TPSA) is 48.0 Å². The van der Waals surface area contributed by atoms with Gasteiger partial charge in [0.2, 0.25) is 0 Å². The molecular formula is C35H39NO4. The molecular weight excluding hydrogens is 498 g/mol. The molecule has 0 amide bonds. The first-order valence-electron chi connectivity index (χ1n) is 14.1. The van der Waals surface area contributed by atoms with E-state index in [0.29, 0.717) is 6.61 Å². The van der Waals surface area contributed by atoms with Crippen molar-refractivity contribution in [1.29, 1.82) is 0 Å². The van der Waals surface area contributed by atoms with Gasteiger partial charge in [-0.2, -0.15) is 0 Å². The summed E-state index contributed by atoms with van der Waals surface area (Å²) < 4.78 is 17.0. The monoisotopic (exact) mass is 537 g/mol. The summed E-state index contributed by atoms with van der Waals surface area (Å²) in [4.78, 5) is 14.1. The van der Waals surface area contributed by atoms with Gasteiger partial charge in [-0.15, -0.1) is 0 Å². The Labute approximate surface area is 237 Å². The molecule has 3 heterocycles. The molecule has 208 valence electrons. The molecule has 0 aliphatic carbocycles. The third kappa shape index (κ3) is 3.42. The molecule has 0 radical (unpaired) electrons. The zero-order valence-electron chi connectivity index (χ0n) is 25.0.